The highest BCUT2D eigenvalue weighted by Gasteiger charge is 2.28. The van der Waals surface area contributed by atoms with Gasteiger partial charge in [-0.3, -0.25) is 4.79 Å². The van der Waals surface area contributed by atoms with E-state index in [1.807, 2.05) is 64.3 Å². The van der Waals surface area contributed by atoms with Crippen molar-refractivity contribution in [3.05, 3.63) is 114 Å². The Bertz CT molecular complexity index is 1610. The van der Waals surface area contributed by atoms with Crippen LogP contribution >= 0.6 is 0 Å². The molecule has 3 heterocycles. The first-order valence-electron chi connectivity index (χ1n) is 14.5. The van der Waals surface area contributed by atoms with Gasteiger partial charge >= 0.3 is 0 Å². The van der Waals surface area contributed by atoms with E-state index < -0.39 is 0 Å². The second-order valence-corrected chi connectivity index (χ2v) is 10.8. The lowest BCUT2D eigenvalue weighted by molar-refractivity contribution is -0.132. The van der Waals surface area contributed by atoms with Crippen LogP contribution in [0.1, 0.15) is 48.2 Å². The van der Waals surface area contributed by atoms with Crippen molar-refractivity contribution in [1.82, 2.24) is 24.6 Å². The molecule has 1 atom stereocenters. The Morgan fingerprint density at radius 3 is 2.32 bits per heavy atom. The van der Waals surface area contributed by atoms with Crippen molar-refractivity contribution < 1.29 is 4.79 Å². The highest BCUT2D eigenvalue weighted by atomic mass is 16.2. The van der Waals surface area contributed by atoms with Gasteiger partial charge in [0.05, 0.1) is 23.2 Å². The van der Waals surface area contributed by atoms with E-state index in [1.54, 1.807) is 0 Å². The van der Waals surface area contributed by atoms with Crippen molar-refractivity contribution in [1.29, 1.82) is 0 Å². The molecule has 2 aromatic heterocycles. The second kappa shape index (κ2) is 11.9. The van der Waals surface area contributed by atoms with E-state index in [-0.39, 0.29) is 11.8 Å². The summed E-state index contributed by atoms with van der Waals surface area (Å²) in [5.74, 6) is 1.76. The van der Waals surface area contributed by atoms with E-state index >= 15 is 0 Å². The summed E-state index contributed by atoms with van der Waals surface area (Å²) < 4.78 is 1.90. The largest absolute Gasteiger partial charge is 0.354 e. The van der Waals surface area contributed by atoms with E-state index in [1.165, 1.54) is 11.1 Å². The molecule has 5 aromatic rings. The number of carbonyl (C=O) groups excluding carboxylic acids is 1. The number of aromatic nitrogens is 4. The van der Waals surface area contributed by atoms with Gasteiger partial charge in [-0.15, -0.1) is 0 Å². The van der Waals surface area contributed by atoms with Gasteiger partial charge in [0.15, 0.2) is 5.65 Å². The van der Waals surface area contributed by atoms with E-state index in [0.29, 0.717) is 19.5 Å². The molecule has 0 bridgehead atoms. The average molecular weight is 545 g/mol. The Morgan fingerprint density at radius 1 is 0.854 bits per heavy atom. The molecule has 6 rings (SSSR count). The van der Waals surface area contributed by atoms with Gasteiger partial charge in [-0.1, -0.05) is 85.3 Å². The number of aryl methyl sites for hydroxylation is 1. The SMILES string of the molecule is CC[C@H](C(=O)N1CCCN(c2nc(Cc3ccc(C)cc3)nc3c2cnn3-c2ccccc2)CC1)c1ccccc1. The number of benzene rings is 3. The van der Waals surface area contributed by atoms with Crippen LogP contribution in [0.25, 0.3) is 16.7 Å². The quantitative estimate of drug-likeness (QED) is 0.253. The maximum absolute atomic E-state index is 13.6. The number of fused-ring (bicyclic) bond motifs is 1. The van der Waals surface area contributed by atoms with Crippen molar-refractivity contribution >= 4 is 22.8 Å². The summed E-state index contributed by atoms with van der Waals surface area (Å²) >= 11 is 0. The first-order chi connectivity index (χ1) is 20.1. The Kier molecular flexibility index (Phi) is 7.76. The van der Waals surface area contributed by atoms with Gasteiger partial charge in [-0.2, -0.15) is 5.10 Å². The molecule has 1 aliphatic heterocycles. The van der Waals surface area contributed by atoms with E-state index in [2.05, 4.69) is 55.1 Å². The first-order valence-corrected chi connectivity index (χ1v) is 14.5. The third-order valence-corrected chi connectivity index (χ3v) is 7.95. The Labute approximate surface area is 241 Å². The number of amides is 1. The van der Waals surface area contributed by atoms with E-state index in [9.17, 15) is 4.79 Å². The Morgan fingerprint density at radius 2 is 1.59 bits per heavy atom. The van der Waals surface area contributed by atoms with Crippen molar-refractivity contribution in [3.63, 3.8) is 0 Å². The van der Waals surface area contributed by atoms with Crippen LogP contribution in [0.15, 0.2) is 91.1 Å². The molecule has 7 heteroatoms. The van der Waals surface area contributed by atoms with Gasteiger partial charge in [0.2, 0.25) is 5.91 Å². The molecule has 1 fully saturated rings. The minimum Gasteiger partial charge on any atom is -0.354 e. The van der Waals surface area contributed by atoms with Crippen LogP contribution in [-0.4, -0.2) is 56.7 Å². The second-order valence-electron chi connectivity index (χ2n) is 10.8. The van der Waals surface area contributed by atoms with Crippen molar-refractivity contribution in [3.8, 4) is 5.69 Å². The summed E-state index contributed by atoms with van der Waals surface area (Å²) in [6.07, 6.45) is 4.18. The van der Waals surface area contributed by atoms with Crippen LogP contribution in [0.2, 0.25) is 0 Å². The third-order valence-electron chi connectivity index (χ3n) is 7.95. The molecule has 0 unspecified atom stereocenters. The van der Waals surface area contributed by atoms with Crippen LogP contribution in [0.5, 0.6) is 0 Å². The smallest absolute Gasteiger partial charge is 0.230 e. The summed E-state index contributed by atoms with van der Waals surface area (Å²) in [6, 6.07) is 28.8. The standard InChI is InChI=1S/C34H36N6O/c1-3-29(27-11-6-4-7-12-27)34(41)39-20-10-19-38(21-22-39)32-30-24-35-40(28-13-8-5-9-14-28)33(30)37-31(36-32)23-26-17-15-25(2)16-18-26/h4-9,11-18,24,29H,3,10,19-23H2,1-2H3/t29-/m0/s1. The van der Waals surface area contributed by atoms with Crippen molar-refractivity contribution in [2.45, 2.75) is 39.0 Å². The van der Waals surface area contributed by atoms with Gasteiger partial charge in [-0.05, 0) is 43.0 Å². The molecular weight excluding hydrogens is 508 g/mol. The lowest BCUT2D eigenvalue weighted by atomic mass is 9.95. The highest BCUT2D eigenvalue weighted by molar-refractivity contribution is 5.88. The molecule has 0 aliphatic carbocycles. The van der Waals surface area contributed by atoms with Crippen LogP contribution in [0, 0.1) is 6.92 Å². The number of hydrogen-bond acceptors (Lipinski definition) is 5. The van der Waals surface area contributed by atoms with Gasteiger partial charge in [-0.25, -0.2) is 14.6 Å². The lowest BCUT2D eigenvalue weighted by Crippen LogP contribution is -2.38. The molecule has 1 amide bonds. The molecule has 208 valence electrons. The van der Waals surface area contributed by atoms with Gasteiger partial charge in [0.1, 0.15) is 11.6 Å². The van der Waals surface area contributed by atoms with E-state index in [0.717, 1.165) is 59.9 Å². The predicted molar refractivity (Wildman–Crippen MR) is 164 cm³/mol. The fourth-order valence-corrected chi connectivity index (χ4v) is 5.71. The molecule has 0 spiro atoms. The summed E-state index contributed by atoms with van der Waals surface area (Å²) in [7, 11) is 0. The third kappa shape index (κ3) is 5.71. The van der Waals surface area contributed by atoms with Crippen molar-refractivity contribution in [2.24, 2.45) is 0 Å². The molecule has 0 saturated carbocycles. The van der Waals surface area contributed by atoms with Gasteiger partial charge in [0, 0.05) is 32.6 Å². The topological polar surface area (TPSA) is 67.2 Å². The fourth-order valence-electron chi connectivity index (χ4n) is 5.71. The highest BCUT2D eigenvalue weighted by Crippen LogP contribution is 2.29. The minimum atomic E-state index is -0.112. The molecule has 1 saturated heterocycles. The lowest BCUT2D eigenvalue weighted by Gasteiger charge is -2.26. The zero-order valence-electron chi connectivity index (χ0n) is 23.8. The summed E-state index contributed by atoms with van der Waals surface area (Å²) in [6.45, 7) is 7.12. The molecule has 3 aromatic carbocycles. The molecular formula is C34H36N6O. The predicted octanol–water partition coefficient (Wildman–Crippen LogP) is 5.95. The maximum Gasteiger partial charge on any atom is 0.230 e. The Hall–Kier alpha value is -4.52. The molecule has 1 aliphatic rings. The summed E-state index contributed by atoms with van der Waals surface area (Å²) in [5.41, 5.74) is 5.26. The number of carbonyl (C=O) groups is 1. The number of hydrogen-bond donors (Lipinski definition) is 0. The Balaban J connectivity index is 1.32. The number of anilines is 1. The molecule has 7 nitrogen and oxygen atoms in total. The molecule has 0 N–H and O–H groups in total. The summed E-state index contributed by atoms with van der Waals surface area (Å²) in [5, 5.41) is 5.67. The average Bonchev–Trinajstić information content (AvgIpc) is 3.28. The number of para-hydroxylation sites is 1. The van der Waals surface area contributed by atoms with Crippen LogP contribution in [0.3, 0.4) is 0 Å². The zero-order valence-corrected chi connectivity index (χ0v) is 23.8. The monoisotopic (exact) mass is 544 g/mol. The maximum atomic E-state index is 13.6. The number of nitrogens with zero attached hydrogens (tertiary/aromatic N) is 6. The van der Waals surface area contributed by atoms with Crippen LogP contribution in [-0.2, 0) is 11.2 Å². The van der Waals surface area contributed by atoms with Gasteiger partial charge < -0.3 is 9.80 Å². The van der Waals surface area contributed by atoms with Crippen LogP contribution in [0.4, 0.5) is 5.82 Å². The normalized spacial score (nSPS) is 14.7. The first kappa shape index (κ1) is 26.7. The zero-order chi connectivity index (χ0) is 28.2. The number of rotatable bonds is 7. The van der Waals surface area contributed by atoms with Gasteiger partial charge in [0.25, 0.3) is 0 Å². The summed E-state index contributed by atoms with van der Waals surface area (Å²) in [4.78, 5) is 28.1. The molecule has 41 heavy (non-hydrogen) atoms. The fraction of sp³-hybridized carbons (Fsp3) is 0.294. The van der Waals surface area contributed by atoms with Crippen molar-refractivity contribution in [2.75, 3.05) is 31.1 Å². The minimum absolute atomic E-state index is 0.112. The van der Waals surface area contributed by atoms with Crippen LogP contribution < -0.4 is 4.90 Å². The molecule has 0 radical (unpaired) electrons. The van der Waals surface area contributed by atoms with E-state index in [4.69, 9.17) is 15.1 Å².